The molecule has 0 spiro atoms. The second-order valence-corrected chi connectivity index (χ2v) is 5.91. The normalized spacial score (nSPS) is 11.6. The Morgan fingerprint density at radius 2 is 2.00 bits per heavy atom. The Morgan fingerprint density at radius 3 is 2.71 bits per heavy atom. The lowest BCUT2D eigenvalue weighted by Gasteiger charge is -2.22. The van der Waals surface area contributed by atoms with E-state index in [1.807, 2.05) is 24.3 Å². The number of rotatable bonds is 7. The van der Waals surface area contributed by atoms with Crippen molar-refractivity contribution in [2.75, 3.05) is 13.7 Å². The van der Waals surface area contributed by atoms with Crippen molar-refractivity contribution in [2.24, 2.45) is 11.1 Å². The molecule has 114 valence electrons. The minimum absolute atomic E-state index is 0.188. The summed E-state index contributed by atoms with van der Waals surface area (Å²) in [5.74, 6) is 1.97. The molecule has 0 radical (unpaired) electrons. The molecule has 2 aromatic rings. The summed E-state index contributed by atoms with van der Waals surface area (Å²) in [6.07, 6.45) is 2.72. The van der Waals surface area contributed by atoms with Crippen LogP contribution in [0.4, 0.5) is 0 Å². The van der Waals surface area contributed by atoms with E-state index in [0.29, 0.717) is 18.3 Å². The minimum Gasteiger partial charge on any atom is -0.496 e. The van der Waals surface area contributed by atoms with Crippen molar-refractivity contribution in [3.8, 4) is 17.1 Å². The second-order valence-electron chi connectivity index (χ2n) is 5.91. The second kappa shape index (κ2) is 6.72. The number of para-hydroxylation sites is 1. The van der Waals surface area contributed by atoms with Crippen molar-refractivity contribution < 1.29 is 9.26 Å². The highest BCUT2D eigenvalue weighted by molar-refractivity contribution is 5.63. The fourth-order valence-corrected chi connectivity index (χ4v) is 2.26. The average molecular weight is 289 g/mol. The van der Waals surface area contributed by atoms with Gasteiger partial charge in [-0.05, 0) is 36.9 Å². The van der Waals surface area contributed by atoms with Crippen molar-refractivity contribution in [2.45, 2.75) is 33.1 Å². The van der Waals surface area contributed by atoms with Crippen LogP contribution in [0.5, 0.6) is 5.75 Å². The van der Waals surface area contributed by atoms with Crippen LogP contribution in [0.1, 0.15) is 32.6 Å². The SMILES string of the molecule is COc1ccccc1-c1noc(CCC(C)(C)CCN)n1. The standard InChI is InChI=1S/C16H23N3O2/c1-16(2,10-11-17)9-8-14-18-15(19-21-14)12-6-4-5-7-13(12)20-3/h4-7H,8-11,17H2,1-3H3. The molecule has 2 N–H and O–H groups in total. The summed E-state index contributed by atoms with van der Waals surface area (Å²) < 4.78 is 10.7. The van der Waals surface area contributed by atoms with Gasteiger partial charge in [0.05, 0.1) is 12.7 Å². The lowest BCUT2D eigenvalue weighted by atomic mass is 9.84. The quantitative estimate of drug-likeness (QED) is 0.848. The predicted octanol–water partition coefficient (Wildman–Crippen LogP) is 3.05. The maximum atomic E-state index is 5.63. The third-order valence-electron chi connectivity index (χ3n) is 3.65. The van der Waals surface area contributed by atoms with Crippen LogP contribution in [0.25, 0.3) is 11.4 Å². The summed E-state index contributed by atoms with van der Waals surface area (Å²) in [6, 6.07) is 7.65. The molecule has 1 heterocycles. The molecule has 2 rings (SSSR count). The molecule has 0 aliphatic rings. The first-order valence-corrected chi connectivity index (χ1v) is 7.22. The van der Waals surface area contributed by atoms with Gasteiger partial charge in [-0.3, -0.25) is 0 Å². The number of hydrogen-bond acceptors (Lipinski definition) is 5. The van der Waals surface area contributed by atoms with Crippen LogP contribution in [-0.4, -0.2) is 23.8 Å². The Bertz CT molecular complexity index is 578. The minimum atomic E-state index is 0.188. The van der Waals surface area contributed by atoms with E-state index in [2.05, 4.69) is 24.0 Å². The number of hydrogen-bond donors (Lipinski definition) is 1. The van der Waals surface area contributed by atoms with Crippen LogP contribution >= 0.6 is 0 Å². The molecule has 0 amide bonds. The summed E-state index contributed by atoms with van der Waals surface area (Å²) in [5, 5.41) is 4.05. The Kier molecular flexibility index (Phi) is 4.96. The van der Waals surface area contributed by atoms with Crippen molar-refractivity contribution in [3.05, 3.63) is 30.2 Å². The van der Waals surface area contributed by atoms with Gasteiger partial charge in [0.25, 0.3) is 0 Å². The number of aryl methyl sites for hydroxylation is 1. The van der Waals surface area contributed by atoms with Gasteiger partial charge < -0.3 is 15.0 Å². The van der Waals surface area contributed by atoms with Crippen molar-refractivity contribution >= 4 is 0 Å². The molecule has 0 unspecified atom stereocenters. The number of nitrogens with zero attached hydrogens (tertiary/aromatic N) is 2. The third-order valence-corrected chi connectivity index (χ3v) is 3.65. The molecular weight excluding hydrogens is 266 g/mol. The van der Waals surface area contributed by atoms with Gasteiger partial charge in [-0.1, -0.05) is 31.1 Å². The Morgan fingerprint density at radius 1 is 1.24 bits per heavy atom. The third kappa shape index (κ3) is 4.04. The molecule has 0 atom stereocenters. The predicted molar refractivity (Wildman–Crippen MR) is 82.1 cm³/mol. The molecule has 0 bridgehead atoms. The largest absolute Gasteiger partial charge is 0.496 e. The van der Waals surface area contributed by atoms with Crippen molar-refractivity contribution in [3.63, 3.8) is 0 Å². The van der Waals surface area contributed by atoms with E-state index in [-0.39, 0.29) is 5.41 Å². The number of nitrogens with two attached hydrogens (primary N) is 1. The maximum Gasteiger partial charge on any atom is 0.226 e. The summed E-state index contributed by atoms with van der Waals surface area (Å²) in [6.45, 7) is 5.11. The molecule has 5 nitrogen and oxygen atoms in total. The first-order chi connectivity index (χ1) is 10.1. The summed E-state index contributed by atoms with van der Waals surface area (Å²) in [5.41, 5.74) is 6.66. The van der Waals surface area contributed by atoms with Crippen LogP contribution in [0.2, 0.25) is 0 Å². The van der Waals surface area contributed by atoms with E-state index < -0.39 is 0 Å². The van der Waals surface area contributed by atoms with E-state index in [4.69, 9.17) is 15.0 Å². The van der Waals surface area contributed by atoms with Crippen LogP contribution in [0.3, 0.4) is 0 Å². The smallest absolute Gasteiger partial charge is 0.226 e. The number of methoxy groups -OCH3 is 1. The Balaban J connectivity index is 2.08. The zero-order valence-corrected chi connectivity index (χ0v) is 12.9. The van der Waals surface area contributed by atoms with Gasteiger partial charge in [-0.25, -0.2) is 0 Å². The van der Waals surface area contributed by atoms with Gasteiger partial charge in [0, 0.05) is 6.42 Å². The first kappa shape index (κ1) is 15.5. The number of ether oxygens (including phenoxy) is 1. The van der Waals surface area contributed by atoms with Gasteiger partial charge in [0.15, 0.2) is 0 Å². The van der Waals surface area contributed by atoms with Gasteiger partial charge >= 0.3 is 0 Å². The highest BCUT2D eigenvalue weighted by atomic mass is 16.5. The number of aromatic nitrogens is 2. The Labute approximate surface area is 125 Å². The van der Waals surface area contributed by atoms with E-state index in [0.717, 1.165) is 30.6 Å². The maximum absolute atomic E-state index is 5.63. The van der Waals surface area contributed by atoms with Crippen molar-refractivity contribution in [1.29, 1.82) is 0 Å². The van der Waals surface area contributed by atoms with Gasteiger partial charge in [-0.2, -0.15) is 4.98 Å². The number of benzene rings is 1. The summed E-state index contributed by atoms with van der Waals surface area (Å²) in [4.78, 5) is 4.46. The van der Waals surface area contributed by atoms with E-state index in [1.54, 1.807) is 7.11 Å². The molecule has 21 heavy (non-hydrogen) atoms. The molecule has 0 aliphatic carbocycles. The fourth-order valence-electron chi connectivity index (χ4n) is 2.26. The highest BCUT2D eigenvalue weighted by Crippen LogP contribution is 2.29. The van der Waals surface area contributed by atoms with E-state index >= 15 is 0 Å². The molecule has 0 saturated carbocycles. The summed E-state index contributed by atoms with van der Waals surface area (Å²) >= 11 is 0. The highest BCUT2D eigenvalue weighted by Gasteiger charge is 2.19. The van der Waals surface area contributed by atoms with Crippen LogP contribution in [0.15, 0.2) is 28.8 Å². The molecule has 0 aliphatic heterocycles. The molecule has 1 aromatic heterocycles. The molecule has 0 saturated heterocycles. The molecule has 0 fully saturated rings. The van der Waals surface area contributed by atoms with Gasteiger partial charge in [0.2, 0.25) is 11.7 Å². The fraction of sp³-hybridized carbons (Fsp3) is 0.500. The lowest BCUT2D eigenvalue weighted by Crippen LogP contribution is -2.17. The lowest BCUT2D eigenvalue weighted by molar-refractivity contribution is 0.289. The average Bonchev–Trinajstić information content (AvgIpc) is 2.94. The van der Waals surface area contributed by atoms with Crippen LogP contribution < -0.4 is 10.5 Å². The Hall–Kier alpha value is -1.88. The van der Waals surface area contributed by atoms with Gasteiger partial charge in [-0.15, -0.1) is 0 Å². The zero-order valence-electron chi connectivity index (χ0n) is 12.9. The van der Waals surface area contributed by atoms with Crippen LogP contribution in [0, 0.1) is 5.41 Å². The first-order valence-electron chi connectivity index (χ1n) is 7.22. The van der Waals surface area contributed by atoms with Crippen molar-refractivity contribution in [1.82, 2.24) is 10.1 Å². The van der Waals surface area contributed by atoms with Crippen LogP contribution in [-0.2, 0) is 6.42 Å². The topological polar surface area (TPSA) is 74.2 Å². The van der Waals surface area contributed by atoms with Gasteiger partial charge in [0.1, 0.15) is 5.75 Å². The summed E-state index contributed by atoms with van der Waals surface area (Å²) in [7, 11) is 1.63. The zero-order chi connectivity index (χ0) is 15.3. The molecule has 5 heteroatoms. The molecular formula is C16H23N3O2. The van der Waals surface area contributed by atoms with E-state index in [1.165, 1.54) is 0 Å². The van der Waals surface area contributed by atoms with E-state index in [9.17, 15) is 0 Å². The molecule has 1 aromatic carbocycles. The monoisotopic (exact) mass is 289 g/mol.